The molecule has 0 atom stereocenters. The average molecular weight is 370 g/mol. The molecule has 1 aromatic rings. The highest BCUT2D eigenvalue weighted by atomic mass is 79.9. The molecular weight excluding hydrogens is 356 g/mol. The summed E-state index contributed by atoms with van der Waals surface area (Å²) in [4.78, 5) is 11.6. The summed E-state index contributed by atoms with van der Waals surface area (Å²) in [6.07, 6.45) is 1.86. The zero-order valence-electron chi connectivity index (χ0n) is 10.0. The van der Waals surface area contributed by atoms with E-state index in [2.05, 4.69) is 21.2 Å². The van der Waals surface area contributed by atoms with Gasteiger partial charge < -0.3 is 5.32 Å². The minimum atomic E-state index is -3.75. The summed E-state index contributed by atoms with van der Waals surface area (Å²) in [7, 11) is -3.75. The Morgan fingerprint density at radius 3 is 2.58 bits per heavy atom. The Labute approximate surface area is 125 Å². The van der Waals surface area contributed by atoms with Crippen molar-refractivity contribution in [3.63, 3.8) is 0 Å². The van der Waals surface area contributed by atoms with Gasteiger partial charge in [0.25, 0.3) is 0 Å². The van der Waals surface area contributed by atoms with Crippen LogP contribution in [0.25, 0.3) is 0 Å². The minimum absolute atomic E-state index is 0.0143. The van der Waals surface area contributed by atoms with Gasteiger partial charge in [-0.25, -0.2) is 13.6 Å². The van der Waals surface area contributed by atoms with Gasteiger partial charge in [-0.1, -0.05) is 0 Å². The quantitative estimate of drug-likeness (QED) is 0.596. The van der Waals surface area contributed by atoms with Crippen LogP contribution in [0.1, 0.15) is 19.3 Å². The van der Waals surface area contributed by atoms with E-state index in [1.165, 1.54) is 18.2 Å². The van der Waals surface area contributed by atoms with Crippen LogP contribution in [0.3, 0.4) is 0 Å². The highest BCUT2D eigenvalue weighted by Gasteiger charge is 2.11. The van der Waals surface area contributed by atoms with Crippen LogP contribution in [0.5, 0.6) is 0 Å². The number of unbranched alkanes of at least 4 members (excludes halogenated alkanes) is 1. The first-order chi connectivity index (χ1) is 8.84. The second-order valence-electron chi connectivity index (χ2n) is 3.88. The third-order valence-corrected chi connectivity index (χ3v) is 4.16. The molecule has 0 saturated carbocycles. The Balaban J connectivity index is 2.73. The second kappa shape index (κ2) is 7.23. The fraction of sp³-hybridized carbons (Fsp3) is 0.364. The molecule has 0 bridgehead atoms. The van der Waals surface area contributed by atoms with Gasteiger partial charge in [0.1, 0.15) is 0 Å². The third kappa shape index (κ3) is 5.48. The van der Waals surface area contributed by atoms with Crippen molar-refractivity contribution < 1.29 is 13.2 Å². The molecule has 8 heteroatoms. The van der Waals surface area contributed by atoms with Gasteiger partial charge in [0.05, 0.1) is 10.6 Å². The average Bonchev–Trinajstić information content (AvgIpc) is 2.31. The highest BCUT2D eigenvalue weighted by molar-refractivity contribution is 9.10. The smallest absolute Gasteiger partial charge is 0.238 e. The number of alkyl halides is 1. The van der Waals surface area contributed by atoms with Crippen molar-refractivity contribution >= 4 is 49.1 Å². The van der Waals surface area contributed by atoms with Crippen molar-refractivity contribution in [2.45, 2.75) is 24.2 Å². The van der Waals surface area contributed by atoms with Gasteiger partial charge >= 0.3 is 0 Å². The maximum absolute atomic E-state index is 11.6. The fourth-order valence-electron chi connectivity index (χ4n) is 1.37. The summed E-state index contributed by atoms with van der Waals surface area (Å²) in [5.41, 5.74) is 0.503. The summed E-state index contributed by atoms with van der Waals surface area (Å²) in [6.45, 7) is 0. The van der Waals surface area contributed by atoms with E-state index in [4.69, 9.17) is 16.7 Å². The van der Waals surface area contributed by atoms with Crippen molar-refractivity contribution in [3.8, 4) is 0 Å². The number of carbonyl (C=O) groups is 1. The topological polar surface area (TPSA) is 89.3 Å². The Morgan fingerprint density at radius 1 is 1.37 bits per heavy atom. The molecule has 1 rings (SSSR count). The van der Waals surface area contributed by atoms with E-state index in [1.54, 1.807) is 0 Å². The zero-order valence-corrected chi connectivity index (χ0v) is 13.2. The van der Waals surface area contributed by atoms with Crippen molar-refractivity contribution in [2.24, 2.45) is 5.14 Å². The molecule has 5 nitrogen and oxygen atoms in total. The van der Waals surface area contributed by atoms with Crippen LogP contribution >= 0.6 is 27.5 Å². The van der Waals surface area contributed by atoms with E-state index in [0.29, 0.717) is 28.9 Å². The molecule has 0 unspecified atom stereocenters. The van der Waals surface area contributed by atoms with Crippen molar-refractivity contribution in [1.82, 2.24) is 0 Å². The molecule has 0 aromatic heterocycles. The van der Waals surface area contributed by atoms with Crippen LogP contribution < -0.4 is 10.5 Å². The number of halogens is 2. The number of hydrogen-bond acceptors (Lipinski definition) is 3. The molecule has 3 N–H and O–H groups in total. The van der Waals surface area contributed by atoms with E-state index in [9.17, 15) is 13.2 Å². The monoisotopic (exact) mass is 368 g/mol. The van der Waals surface area contributed by atoms with Crippen molar-refractivity contribution in [3.05, 3.63) is 22.7 Å². The number of primary sulfonamides is 1. The predicted octanol–water partition coefficient (Wildman–Crippen LogP) is 2.44. The molecule has 19 heavy (non-hydrogen) atoms. The largest absolute Gasteiger partial charge is 0.325 e. The summed E-state index contributed by atoms with van der Waals surface area (Å²) in [5.74, 6) is 0.384. The van der Waals surface area contributed by atoms with Gasteiger partial charge in [0.15, 0.2) is 0 Å². The summed E-state index contributed by atoms with van der Waals surface area (Å²) in [5, 5.41) is 7.69. The van der Waals surface area contributed by atoms with E-state index < -0.39 is 10.0 Å². The van der Waals surface area contributed by atoms with Gasteiger partial charge in [-0.2, -0.15) is 0 Å². The van der Waals surface area contributed by atoms with E-state index in [-0.39, 0.29) is 10.8 Å². The lowest BCUT2D eigenvalue weighted by Crippen LogP contribution is -2.14. The standard InChI is InChI=1S/C11H14BrClN2O3S/c12-9-7-8(19(14,17)18)4-5-10(9)15-11(16)3-1-2-6-13/h4-5,7H,1-3,6H2,(H,15,16)(H2,14,17,18). The number of sulfonamides is 1. The van der Waals surface area contributed by atoms with Crippen LogP contribution in [-0.2, 0) is 14.8 Å². The lowest BCUT2D eigenvalue weighted by atomic mass is 10.2. The second-order valence-corrected chi connectivity index (χ2v) is 6.67. The van der Waals surface area contributed by atoms with Crippen LogP contribution in [-0.4, -0.2) is 20.2 Å². The molecule has 0 saturated heterocycles. The first-order valence-electron chi connectivity index (χ1n) is 5.53. The molecule has 0 aliphatic rings. The number of rotatable bonds is 6. The molecule has 0 aliphatic heterocycles. The minimum Gasteiger partial charge on any atom is -0.325 e. The first-order valence-corrected chi connectivity index (χ1v) is 8.40. The number of anilines is 1. The molecule has 0 fully saturated rings. The van der Waals surface area contributed by atoms with E-state index >= 15 is 0 Å². The van der Waals surface area contributed by atoms with E-state index in [1.807, 2.05) is 0 Å². The van der Waals surface area contributed by atoms with Gasteiger partial charge in [0, 0.05) is 16.8 Å². The Bertz CT molecular complexity index is 563. The Hall–Kier alpha value is -0.630. The van der Waals surface area contributed by atoms with Crippen LogP contribution in [0.2, 0.25) is 0 Å². The maximum atomic E-state index is 11.6. The summed E-state index contributed by atoms with van der Waals surface area (Å²) < 4.78 is 22.8. The number of carbonyl (C=O) groups excluding carboxylic acids is 1. The Kier molecular flexibility index (Phi) is 6.25. The molecular formula is C11H14BrClN2O3S. The molecule has 0 spiro atoms. The number of hydrogen-bond donors (Lipinski definition) is 2. The molecule has 1 amide bonds. The first kappa shape index (κ1) is 16.4. The SMILES string of the molecule is NS(=O)(=O)c1ccc(NC(=O)CCCCCl)c(Br)c1. The number of benzene rings is 1. The zero-order chi connectivity index (χ0) is 14.5. The van der Waals surface area contributed by atoms with Gasteiger partial charge in [-0.15, -0.1) is 11.6 Å². The van der Waals surface area contributed by atoms with Crippen molar-refractivity contribution in [1.29, 1.82) is 0 Å². The molecule has 0 aliphatic carbocycles. The number of nitrogens with one attached hydrogen (secondary N) is 1. The van der Waals surface area contributed by atoms with Crippen LogP contribution in [0.15, 0.2) is 27.6 Å². The molecule has 106 valence electrons. The normalized spacial score (nSPS) is 11.3. The van der Waals surface area contributed by atoms with E-state index in [0.717, 1.165) is 6.42 Å². The number of nitrogens with two attached hydrogens (primary N) is 1. The predicted molar refractivity (Wildman–Crippen MR) is 78.7 cm³/mol. The maximum Gasteiger partial charge on any atom is 0.238 e. The molecule has 0 heterocycles. The fourth-order valence-corrected chi connectivity index (χ4v) is 2.73. The van der Waals surface area contributed by atoms with Gasteiger partial charge in [-0.05, 0) is 47.0 Å². The van der Waals surface area contributed by atoms with Gasteiger partial charge in [0.2, 0.25) is 15.9 Å². The third-order valence-electron chi connectivity index (χ3n) is 2.33. The molecule has 0 radical (unpaired) electrons. The van der Waals surface area contributed by atoms with Crippen LogP contribution in [0.4, 0.5) is 5.69 Å². The van der Waals surface area contributed by atoms with Gasteiger partial charge in [-0.3, -0.25) is 4.79 Å². The lowest BCUT2D eigenvalue weighted by Gasteiger charge is -2.08. The van der Waals surface area contributed by atoms with Crippen LogP contribution in [0, 0.1) is 0 Å². The Morgan fingerprint density at radius 2 is 2.05 bits per heavy atom. The number of amides is 1. The molecule has 1 aromatic carbocycles. The highest BCUT2D eigenvalue weighted by Crippen LogP contribution is 2.25. The van der Waals surface area contributed by atoms with Crippen molar-refractivity contribution in [2.75, 3.05) is 11.2 Å². The summed E-state index contributed by atoms with van der Waals surface area (Å²) >= 11 is 8.72. The summed E-state index contributed by atoms with van der Waals surface area (Å²) in [6, 6.07) is 4.18. The lowest BCUT2D eigenvalue weighted by molar-refractivity contribution is -0.116.